The number of nitrogens with zero attached hydrogens (tertiary/aromatic N) is 2. The Morgan fingerprint density at radius 2 is 2.17 bits per heavy atom. The highest BCUT2D eigenvalue weighted by molar-refractivity contribution is 5.94. The van der Waals surface area contributed by atoms with E-state index in [2.05, 4.69) is 4.90 Å². The van der Waals surface area contributed by atoms with E-state index >= 15 is 0 Å². The van der Waals surface area contributed by atoms with Crippen LogP contribution in [0.15, 0.2) is 18.2 Å². The molecule has 0 saturated carbocycles. The second-order valence-electron chi connectivity index (χ2n) is 6.43. The molecule has 126 valence electrons. The summed E-state index contributed by atoms with van der Waals surface area (Å²) in [5.41, 5.74) is 1.05. The molecule has 1 unspecified atom stereocenters. The fourth-order valence-electron chi connectivity index (χ4n) is 3.43. The predicted molar refractivity (Wildman–Crippen MR) is 88.4 cm³/mol. The van der Waals surface area contributed by atoms with Crippen LogP contribution in [-0.2, 0) is 4.74 Å². The monoisotopic (exact) mass is 320 g/mol. The standard InChI is InChI=1S/C18H25FN2O2/c1-2-20(12-14-7-10-23-13-14)18(22)15-5-6-17(16(19)11-15)21-8-3-4-9-21/h5-6,11,14H,2-4,7-10,12-13H2,1H3. The lowest BCUT2D eigenvalue weighted by Gasteiger charge is -2.24. The minimum atomic E-state index is -0.294. The van der Waals surface area contributed by atoms with Crippen molar-refractivity contribution in [3.8, 4) is 0 Å². The summed E-state index contributed by atoms with van der Waals surface area (Å²) in [7, 11) is 0. The third-order valence-electron chi connectivity index (χ3n) is 4.81. The lowest BCUT2D eigenvalue weighted by molar-refractivity contribution is 0.0730. The zero-order valence-electron chi connectivity index (χ0n) is 13.8. The molecule has 23 heavy (non-hydrogen) atoms. The van der Waals surface area contributed by atoms with Crippen molar-refractivity contribution in [2.75, 3.05) is 44.3 Å². The van der Waals surface area contributed by atoms with Gasteiger partial charge in [0, 0.05) is 44.3 Å². The molecule has 5 heteroatoms. The molecule has 0 aliphatic carbocycles. The summed E-state index contributed by atoms with van der Waals surface area (Å²) < 4.78 is 19.8. The first-order chi connectivity index (χ1) is 11.2. The van der Waals surface area contributed by atoms with E-state index < -0.39 is 0 Å². The lowest BCUT2D eigenvalue weighted by atomic mass is 10.1. The molecular formula is C18H25FN2O2. The molecule has 1 atom stereocenters. The molecule has 3 rings (SSSR count). The Morgan fingerprint density at radius 3 is 2.78 bits per heavy atom. The maximum Gasteiger partial charge on any atom is 0.253 e. The number of hydrogen-bond donors (Lipinski definition) is 0. The summed E-state index contributed by atoms with van der Waals surface area (Å²) >= 11 is 0. The largest absolute Gasteiger partial charge is 0.381 e. The van der Waals surface area contributed by atoms with Crippen molar-refractivity contribution in [2.24, 2.45) is 5.92 Å². The van der Waals surface area contributed by atoms with Gasteiger partial charge in [-0.2, -0.15) is 0 Å². The molecule has 0 bridgehead atoms. The van der Waals surface area contributed by atoms with Crippen molar-refractivity contribution in [3.63, 3.8) is 0 Å². The second-order valence-corrected chi connectivity index (χ2v) is 6.43. The van der Waals surface area contributed by atoms with Gasteiger partial charge >= 0.3 is 0 Å². The average Bonchev–Trinajstić information content (AvgIpc) is 3.25. The van der Waals surface area contributed by atoms with E-state index in [0.717, 1.165) is 39.0 Å². The molecule has 2 fully saturated rings. The number of ether oxygens (including phenoxy) is 1. The van der Waals surface area contributed by atoms with Crippen LogP contribution >= 0.6 is 0 Å². The first-order valence-corrected chi connectivity index (χ1v) is 8.60. The number of rotatable bonds is 5. The zero-order valence-corrected chi connectivity index (χ0v) is 13.8. The minimum absolute atomic E-state index is 0.0914. The molecule has 1 aromatic rings. The van der Waals surface area contributed by atoms with Crippen LogP contribution in [0.25, 0.3) is 0 Å². The van der Waals surface area contributed by atoms with Crippen LogP contribution in [0.2, 0.25) is 0 Å². The Labute approximate surface area is 137 Å². The normalized spacial score (nSPS) is 21.0. The van der Waals surface area contributed by atoms with Crippen LogP contribution in [-0.4, -0.2) is 50.2 Å². The SMILES string of the molecule is CCN(CC1CCOC1)C(=O)c1ccc(N2CCCC2)c(F)c1. The summed E-state index contributed by atoms with van der Waals surface area (Å²) in [5.74, 6) is 0.0110. The molecule has 1 aromatic carbocycles. The van der Waals surface area contributed by atoms with Crippen LogP contribution in [0.4, 0.5) is 10.1 Å². The predicted octanol–water partition coefficient (Wildman–Crippen LogP) is 2.92. The topological polar surface area (TPSA) is 32.8 Å². The van der Waals surface area contributed by atoms with Gasteiger partial charge in [0.15, 0.2) is 0 Å². The molecule has 1 amide bonds. The maximum atomic E-state index is 14.4. The number of benzene rings is 1. The first kappa shape index (κ1) is 16.2. The molecule has 2 aliphatic heterocycles. The van der Waals surface area contributed by atoms with Crippen molar-refractivity contribution in [1.29, 1.82) is 0 Å². The lowest BCUT2D eigenvalue weighted by Crippen LogP contribution is -2.35. The van der Waals surface area contributed by atoms with Crippen molar-refractivity contribution in [2.45, 2.75) is 26.2 Å². The third kappa shape index (κ3) is 3.66. The number of amides is 1. The molecule has 2 aliphatic rings. The average molecular weight is 320 g/mol. The highest BCUT2D eigenvalue weighted by Gasteiger charge is 2.23. The van der Waals surface area contributed by atoms with Gasteiger partial charge in [0.1, 0.15) is 5.82 Å². The smallest absolute Gasteiger partial charge is 0.253 e. The van der Waals surface area contributed by atoms with Crippen LogP contribution in [0.3, 0.4) is 0 Å². The second kappa shape index (κ2) is 7.30. The van der Waals surface area contributed by atoms with E-state index in [1.807, 2.05) is 6.92 Å². The van der Waals surface area contributed by atoms with Crippen LogP contribution in [0.1, 0.15) is 36.5 Å². The minimum Gasteiger partial charge on any atom is -0.381 e. The van der Waals surface area contributed by atoms with E-state index in [1.165, 1.54) is 6.07 Å². The van der Waals surface area contributed by atoms with Crippen LogP contribution in [0.5, 0.6) is 0 Å². The van der Waals surface area contributed by atoms with Gasteiger partial charge in [-0.3, -0.25) is 4.79 Å². The van der Waals surface area contributed by atoms with E-state index in [1.54, 1.807) is 17.0 Å². The molecule has 0 radical (unpaired) electrons. The summed E-state index contributed by atoms with van der Waals surface area (Å²) in [6.45, 7) is 6.56. The highest BCUT2D eigenvalue weighted by atomic mass is 19.1. The van der Waals surface area contributed by atoms with Gasteiger partial charge in [-0.15, -0.1) is 0 Å². The van der Waals surface area contributed by atoms with Gasteiger partial charge in [0.05, 0.1) is 12.3 Å². The fourth-order valence-corrected chi connectivity index (χ4v) is 3.43. The van der Waals surface area contributed by atoms with Gasteiger partial charge in [-0.25, -0.2) is 4.39 Å². The summed E-state index contributed by atoms with van der Waals surface area (Å²) in [5, 5.41) is 0. The molecule has 4 nitrogen and oxygen atoms in total. The highest BCUT2D eigenvalue weighted by Crippen LogP contribution is 2.25. The van der Waals surface area contributed by atoms with E-state index in [9.17, 15) is 9.18 Å². The van der Waals surface area contributed by atoms with Crippen molar-refractivity contribution in [1.82, 2.24) is 4.90 Å². The summed E-state index contributed by atoms with van der Waals surface area (Å²) in [4.78, 5) is 16.5. The number of carbonyl (C=O) groups is 1. The quantitative estimate of drug-likeness (QED) is 0.836. The summed E-state index contributed by atoms with van der Waals surface area (Å²) in [6, 6.07) is 4.90. The Morgan fingerprint density at radius 1 is 1.39 bits per heavy atom. The zero-order chi connectivity index (χ0) is 16.2. The molecular weight excluding hydrogens is 295 g/mol. The third-order valence-corrected chi connectivity index (χ3v) is 4.81. The Balaban J connectivity index is 1.71. The van der Waals surface area contributed by atoms with E-state index in [0.29, 0.717) is 36.9 Å². The molecule has 2 saturated heterocycles. The van der Waals surface area contributed by atoms with Gasteiger partial charge < -0.3 is 14.5 Å². The number of anilines is 1. The van der Waals surface area contributed by atoms with Crippen LogP contribution < -0.4 is 4.90 Å². The molecule has 0 N–H and O–H groups in total. The van der Waals surface area contributed by atoms with Crippen molar-refractivity contribution < 1.29 is 13.9 Å². The van der Waals surface area contributed by atoms with Crippen molar-refractivity contribution >= 4 is 11.6 Å². The number of carbonyl (C=O) groups excluding carboxylic acids is 1. The Kier molecular flexibility index (Phi) is 5.16. The summed E-state index contributed by atoms with van der Waals surface area (Å²) in [6.07, 6.45) is 3.20. The van der Waals surface area contributed by atoms with Gasteiger partial charge in [-0.1, -0.05) is 0 Å². The van der Waals surface area contributed by atoms with Gasteiger partial charge in [0.2, 0.25) is 0 Å². The fraction of sp³-hybridized carbons (Fsp3) is 0.611. The van der Waals surface area contributed by atoms with Gasteiger partial charge in [0.25, 0.3) is 5.91 Å². The first-order valence-electron chi connectivity index (χ1n) is 8.60. The molecule has 0 aromatic heterocycles. The molecule has 0 spiro atoms. The number of hydrogen-bond acceptors (Lipinski definition) is 3. The van der Waals surface area contributed by atoms with Gasteiger partial charge in [-0.05, 0) is 44.4 Å². The number of halogens is 1. The van der Waals surface area contributed by atoms with Crippen molar-refractivity contribution in [3.05, 3.63) is 29.6 Å². The Bertz CT molecular complexity index is 552. The Hall–Kier alpha value is -1.62. The molecule has 2 heterocycles. The van der Waals surface area contributed by atoms with E-state index in [-0.39, 0.29) is 11.7 Å². The van der Waals surface area contributed by atoms with Crippen LogP contribution in [0, 0.1) is 11.7 Å². The van der Waals surface area contributed by atoms with E-state index in [4.69, 9.17) is 4.74 Å². The maximum absolute atomic E-state index is 14.4.